The van der Waals surface area contributed by atoms with E-state index in [1.54, 1.807) is 24.3 Å². The lowest BCUT2D eigenvalue weighted by Gasteiger charge is -2.15. The molecule has 0 unspecified atom stereocenters. The zero-order chi connectivity index (χ0) is 23.2. The minimum Gasteiger partial charge on any atom is -0.423 e. The van der Waals surface area contributed by atoms with Gasteiger partial charge >= 0.3 is 5.97 Å². The lowest BCUT2D eigenvalue weighted by Crippen LogP contribution is -2.34. The molecule has 1 heterocycles. The Labute approximate surface area is 189 Å². The van der Waals surface area contributed by atoms with E-state index < -0.39 is 23.6 Å². The van der Waals surface area contributed by atoms with E-state index in [0.29, 0.717) is 12.1 Å². The zero-order valence-electron chi connectivity index (χ0n) is 17.4. The first-order chi connectivity index (χ1) is 16.0. The van der Waals surface area contributed by atoms with Gasteiger partial charge in [0.15, 0.2) is 0 Å². The molecule has 2 amide bonds. The van der Waals surface area contributed by atoms with Crippen molar-refractivity contribution in [3.63, 3.8) is 0 Å². The predicted octanol–water partition coefficient (Wildman–Crippen LogP) is 3.02. The Kier molecular flexibility index (Phi) is 6.54. The Balaban J connectivity index is 1.39. The van der Waals surface area contributed by atoms with Crippen LogP contribution in [0.1, 0.15) is 27.4 Å². The van der Waals surface area contributed by atoms with Crippen molar-refractivity contribution in [1.82, 2.24) is 10.7 Å². The van der Waals surface area contributed by atoms with Crippen LogP contribution in [-0.4, -0.2) is 30.5 Å². The third-order valence-corrected chi connectivity index (χ3v) is 5.21. The lowest BCUT2D eigenvalue weighted by atomic mass is 9.88. The van der Waals surface area contributed by atoms with Gasteiger partial charge in [-0.05, 0) is 41.5 Å². The van der Waals surface area contributed by atoms with Crippen molar-refractivity contribution < 1.29 is 23.5 Å². The molecule has 3 aromatic carbocycles. The number of ether oxygens (including phenoxy) is 1. The molecular weight excluding hydrogens is 425 g/mol. The Hall–Kier alpha value is -4.33. The normalized spacial score (nSPS) is 17.5. The molecule has 2 atom stereocenters. The van der Waals surface area contributed by atoms with Crippen LogP contribution in [0.3, 0.4) is 0 Å². The highest BCUT2D eigenvalue weighted by Crippen LogP contribution is 2.29. The Bertz CT molecular complexity index is 1210. The van der Waals surface area contributed by atoms with Crippen molar-refractivity contribution >= 4 is 24.0 Å². The van der Waals surface area contributed by atoms with Gasteiger partial charge in [0, 0.05) is 12.5 Å². The van der Waals surface area contributed by atoms with E-state index in [2.05, 4.69) is 15.8 Å². The highest BCUT2D eigenvalue weighted by molar-refractivity contribution is 6.03. The van der Waals surface area contributed by atoms with Crippen LogP contribution in [0, 0.1) is 11.7 Å². The summed E-state index contributed by atoms with van der Waals surface area (Å²) in [5, 5.41) is 6.67. The van der Waals surface area contributed by atoms with Gasteiger partial charge in [0.05, 0.1) is 11.8 Å². The van der Waals surface area contributed by atoms with Gasteiger partial charge in [-0.1, -0.05) is 48.5 Å². The number of carbonyl (C=O) groups is 3. The van der Waals surface area contributed by atoms with Gasteiger partial charge in [0.25, 0.3) is 5.91 Å². The Morgan fingerprint density at radius 2 is 1.82 bits per heavy atom. The van der Waals surface area contributed by atoms with E-state index in [1.165, 1.54) is 24.4 Å². The maximum absolute atomic E-state index is 13.3. The summed E-state index contributed by atoms with van der Waals surface area (Å²) in [6, 6.07) is 21.0. The third kappa shape index (κ3) is 5.30. The molecule has 0 radical (unpaired) electrons. The molecule has 1 aliphatic rings. The highest BCUT2D eigenvalue weighted by atomic mass is 19.1. The van der Waals surface area contributed by atoms with Crippen molar-refractivity contribution in [2.45, 2.75) is 5.92 Å². The first-order valence-electron chi connectivity index (χ1n) is 10.2. The van der Waals surface area contributed by atoms with E-state index in [9.17, 15) is 18.8 Å². The molecule has 0 spiro atoms. The van der Waals surface area contributed by atoms with Crippen molar-refractivity contribution in [2.75, 3.05) is 6.54 Å². The first kappa shape index (κ1) is 21.9. The van der Waals surface area contributed by atoms with E-state index in [1.807, 2.05) is 30.3 Å². The van der Waals surface area contributed by atoms with E-state index in [0.717, 1.165) is 11.6 Å². The Morgan fingerprint density at radius 3 is 2.61 bits per heavy atom. The van der Waals surface area contributed by atoms with Gasteiger partial charge in [-0.2, -0.15) is 5.10 Å². The maximum atomic E-state index is 13.3. The topological polar surface area (TPSA) is 96.9 Å². The second-order valence-corrected chi connectivity index (χ2v) is 7.45. The highest BCUT2D eigenvalue weighted by Gasteiger charge is 2.40. The number of rotatable bonds is 6. The fraction of sp³-hybridized carbons (Fsp3) is 0.120. The van der Waals surface area contributed by atoms with Crippen molar-refractivity contribution in [3.8, 4) is 5.75 Å². The summed E-state index contributed by atoms with van der Waals surface area (Å²) in [5.41, 5.74) is 3.95. The van der Waals surface area contributed by atoms with Crippen LogP contribution in [0.15, 0.2) is 84.0 Å². The van der Waals surface area contributed by atoms with Crippen LogP contribution in [0.2, 0.25) is 0 Å². The molecule has 7 nitrogen and oxygen atoms in total. The predicted molar refractivity (Wildman–Crippen MR) is 119 cm³/mol. The number of nitrogens with one attached hydrogen (secondary N) is 2. The monoisotopic (exact) mass is 445 g/mol. The molecule has 1 aliphatic heterocycles. The number of hydrazone groups is 1. The fourth-order valence-corrected chi connectivity index (χ4v) is 3.61. The average Bonchev–Trinajstić information content (AvgIpc) is 3.21. The van der Waals surface area contributed by atoms with E-state index in [-0.39, 0.29) is 23.1 Å². The number of carbonyl (C=O) groups excluding carboxylic acids is 3. The fourth-order valence-electron chi connectivity index (χ4n) is 3.61. The smallest absolute Gasteiger partial charge is 0.343 e. The van der Waals surface area contributed by atoms with Crippen LogP contribution >= 0.6 is 0 Å². The molecular formula is C25H20FN3O4. The maximum Gasteiger partial charge on any atom is 0.343 e. The van der Waals surface area contributed by atoms with Gasteiger partial charge in [0.1, 0.15) is 17.5 Å². The van der Waals surface area contributed by atoms with Gasteiger partial charge in [0.2, 0.25) is 5.91 Å². The second-order valence-electron chi connectivity index (χ2n) is 7.45. The average molecular weight is 445 g/mol. The van der Waals surface area contributed by atoms with Crippen LogP contribution < -0.4 is 15.5 Å². The summed E-state index contributed by atoms with van der Waals surface area (Å²) in [4.78, 5) is 37.1. The number of hydrogen-bond donors (Lipinski definition) is 2. The summed E-state index contributed by atoms with van der Waals surface area (Å²) in [5.74, 6) is -3.02. The SMILES string of the molecule is O=C(Oc1cccc(/C=N/NC(=O)[C@H]2C(=O)NC[C@H]2c2ccccc2)c1)c1cccc(F)c1. The zero-order valence-corrected chi connectivity index (χ0v) is 17.4. The third-order valence-electron chi connectivity index (χ3n) is 5.21. The number of hydrogen-bond acceptors (Lipinski definition) is 5. The van der Waals surface area contributed by atoms with Crippen LogP contribution in [0.4, 0.5) is 4.39 Å². The first-order valence-corrected chi connectivity index (χ1v) is 10.2. The number of amides is 2. The quantitative estimate of drug-likeness (QED) is 0.200. The van der Waals surface area contributed by atoms with Crippen LogP contribution in [0.5, 0.6) is 5.75 Å². The van der Waals surface area contributed by atoms with Crippen LogP contribution in [0.25, 0.3) is 0 Å². The molecule has 0 bridgehead atoms. The van der Waals surface area contributed by atoms with Crippen molar-refractivity contribution in [3.05, 3.63) is 101 Å². The molecule has 4 rings (SSSR count). The van der Waals surface area contributed by atoms with Crippen molar-refractivity contribution in [2.24, 2.45) is 11.0 Å². The summed E-state index contributed by atoms with van der Waals surface area (Å²) in [6.07, 6.45) is 1.38. The molecule has 3 aromatic rings. The standard InChI is InChI=1S/C25H20FN3O4/c26-19-10-5-9-18(13-19)25(32)33-20-11-4-6-16(12-20)14-28-29-24(31)22-21(15-27-23(22)30)17-7-2-1-3-8-17/h1-14,21-22H,15H2,(H,27,30)(H,29,31)/b28-14+/t21-,22+/m0/s1. The number of halogens is 1. The summed E-state index contributed by atoms with van der Waals surface area (Å²) in [7, 11) is 0. The van der Waals surface area contributed by atoms with Crippen LogP contribution in [-0.2, 0) is 9.59 Å². The molecule has 2 N–H and O–H groups in total. The van der Waals surface area contributed by atoms with E-state index >= 15 is 0 Å². The molecule has 0 aliphatic carbocycles. The number of esters is 1. The van der Waals surface area contributed by atoms with E-state index in [4.69, 9.17) is 4.74 Å². The van der Waals surface area contributed by atoms with Gasteiger partial charge in [-0.15, -0.1) is 0 Å². The van der Waals surface area contributed by atoms with Gasteiger partial charge in [-0.25, -0.2) is 14.6 Å². The molecule has 0 aromatic heterocycles. The molecule has 166 valence electrons. The number of nitrogens with zero attached hydrogens (tertiary/aromatic N) is 1. The minimum atomic E-state index is -0.886. The van der Waals surface area contributed by atoms with Crippen molar-refractivity contribution in [1.29, 1.82) is 0 Å². The molecule has 1 saturated heterocycles. The largest absolute Gasteiger partial charge is 0.423 e. The number of benzene rings is 3. The van der Waals surface area contributed by atoms with Gasteiger partial charge < -0.3 is 10.1 Å². The Morgan fingerprint density at radius 1 is 1.03 bits per heavy atom. The summed E-state index contributed by atoms with van der Waals surface area (Å²) >= 11 is 0. The molecule has 8 heteroatoms. The lowest BCUT2D eigenvalue weighted by molar-refractivity contribution is -0.133. The minimum absolute atomic E-state index is 0.0872. The molecule has 1 fully saturated rings. The second kappa shape index (κ2) is 9.86. The summed E-state index contributed by atoms with van der Waals surface area (Å²) in [6.45, 7) is 0.378. The molecule has 33 heavy (non-hydrogen) atoms. The summed E-state index contributed by atoms with van der Waals surface area (Å²) < 4.78 is 18.6. The van der Waals surface area contributed by atoms with Gasteiger partial charge in [-0.3, -0.25) is 9.59 Å². The molecule has 0 saturated carbocycles.